The van der Waals surface area contributed by atoms with Gasteiger partial charge in [-0.15, -0.1) is 10.2 Å². The van der Waals surface area contributed by atoms with Crippen LogP contribution < -0.4 is 4.72 Å². The van der Waals surface area contributed by atoms with E-state index in [9.17, 15) is 21.6 Å². The minimum Gasteiger partial charge on any atom is -0.214 e. The molecule has 2 aromatic carbocycles. The van der Waals surface area contributed by atoms with Crippen molar-refractivity contribution in [1.82, 2.24) is 24.9 Å². The highest BCUT2D eigenvalue weighted by Gasteiger charge is 2.30. The molecule has 3 aromatic rings. The molecule has 1 aromatic heterocycles. The van der Waals surface area contributed by atoms with Crippen molar-refractivity contribution in [1.29, 1.82) is 0 Å². The fourth-order valence-corrected chi connectivity index (χ4v) is 3.38. The van der Waals surface area contributed by atoms with Crippen LogP contribution >= 0.6 is 0 Å². The Labute approximate surface area is 159 Å². The van der Waals surface area contributed by atoms with E-state index in [-0.39, 0.29) is 17.1 Å². The molecule has 3 rings (SSSR count). The number of sulfonamides is 1. The van der Waals surface area contributed by atoms with Gasteiger partial charge >= 0.3 is 6.18 Å². The van der Waals surface area contributed by atoms with Crippen molar-refractivity contribution in [3.8, 4) is 11.4 Å². The van der Waals surface area contributed by atoms with Crippen molar-refractivity contribution in [3.63, 3.8) is 0 Å². The van der Waals surface area contributed by atoms with Gasteiger partial charge in [0.25, 0.3) is 0 Å². The van der Waals surface area contributed by atoms with Crippen molar-refractivity contribution in [2.24, 2.45) is 7.05 Å². The molecule has 0 radical (unpaired) electrons. The summed E-state index contributed by atoms with van der Waals surface area (Å²) < 4.78 is 64.7. The average Bonchev–Trinajstić information content (AvgIpc) is 3.08. The number of benzene rings is 2. The van der Waals surface area contributed by atoms with Crippen molar-refractivity contribution in [2.75, 3.05) is 7.05 Å². The lowest BCUT2D eigenvalue weighted by Crippen LogP contribution is -2.18. The Morgan fingerprint density at radius 2 is 1.79 bits per heavy atom. The van der Waals surface area contributed by atoms with Crippen molar-refractivity contribution >= 4 is 10.0 Å². The Morgan fingerprint density at radius 1 is 1.11 bits per heavy atom. The molecule has 0 atom stereocenters. The first-order valence-electron chi connectivity index (χ1n) is 8.07. The lowest BCUT2D eigenvalue weighted by molar-refractivity contribution is -0.137. The van der Waals surface area contributed by atoms with Gasteiger partial charge < -0.3 is 0 Å². The van der Waals surface area contributed by atoms with E-state index in [4.69, 9.17) is 0 Å². The Bertz CT molecular complexity index is 1090. The molecule has 0 bridgehead atoms. The second-order valence-electron chi connectivity index (χ2n) is 6.00. The summed E-state index contributed by atoms with van der Waals surface area (Å²) in [7, 11) is -0.824. The Hall–Kier alpha value is -2.79. The molecule has 0 amide bonds. The minimum absolute atomic E-state index is 0.0219. The number of tetrazole rings is 1. The Morgan fingerprint density at radius 3 is 2.32 bits per heavy atom. The number of aromatic nitrogens is 4. The normalized spacial score (nSPS) is 12.3. The van der Waals surface area contributed by atoms with E-state index in [1.807, 2.05) is 0 Å². The van der Waals surface area contributed by atoms with Crippen LogP contribution in [0.15, 0.2) is 47.4 Å². The number of rotatable bonds is 5. The van der Waals surface area contributed by atoms with Gasteiger partial charge in [0, 0.05) is 5.56 Å². The zero-order valence-corrected chi connectivity index (χ0v) is 15.7. The summed E-state index contributed by atoms with van der Waals surface area (Å²) in [6.45, 7) is 0. The molecule has 148 valence electrons. The quantitative estimate of drug-likeness (QED) is 0.696. The van der Waals surface area contributed by atoms with E-state index in [0.717, 1.165) is 12.1 Å². The van der Waals surface area contributed by atoms with Crippen LogP contribution in [0.3, 0.4) is 0 Å². The lowest BCUT2D eigenvalue weighted by Gasteiger charge is -2.11. The third kappa shape index (κ3) is 4.20. The Balaban J connectivity index is 2.03. The molecular weight excluding hydrogens is 395 g/mol. The summed E-state index contributed by atoms with van der Waals surface area (Å²) >= 11 is 0. The lowest BCUT2D eigenvalue weighted by atomic mass is 9.98. The van der Waals surface area contributed by atoms with Gasteiger partial charge in [-0.1, -0.05) is 18.2 Å². The van der Waals surface area contributed by atoms with Crippen molar-refractivity contribution < 1.29 is 21.6 Å². The summed E-state index contributed by atoms with van der Waals surface area (Å²) in [5, 5.41) is 11.8. The molecule has 0 unspecified atom stereocenters. The molecular formula is C17H16F3N5O2S. The average molecular weight is 411 g/mol. The predicted molar refractivity (Wildman–Crippen MR) is 94.7 cm³/mol. The first-order chi connectivity index (χ1) is 13.1. The zero-order chi connectivity index (χ0) is 20.5. The molecule has 11 heteroatoms. The monoisotopic (exact) mass is 411 g/mol. The maximum Gasteiger partial charge on any atom is 0.416 e. The molecule has 0 saturated heterocycles. The Kier molecular flexibility index (Phi) is 5.22. The number of nitrogens with zero attached hydrogens (tertiary/aromatic N) is 4. The number of halogens is 3. The predicted octanol–water partition coefficient (Wildman–Crippen LogP) is 2.39. The van der Waals surface area contributed by atoms with Gasteiger partial charge in [-0.2, -0.15) is 18.0 Å². The van der Waals surface area contributed by atoms with Gasteiger partial charge in [-0.3, -0.25) is 0 Å². The zero-order valence-electron chi connectivity index (χ0n) is 14.9. The molecule has 1 N–H and O–H groups in total. The highest BCUT2D eigenvalue weighted by Crippen LogP contribution is 2.30. The van der Waals surface area contributed by atoms with E-state index in [1.165, 1.54) is 36.1 Å². The van der Waals surface area contributed by atoms with Gasteiger partial charge in [0.15, 0.2) is 0 Å². The molecule has 0 aliphatic carbocycles. The molecule has 0 spiro atoms. The summed E-state index contributed by atoms with van der Waals surface area (Å²) in [5.41, 5.74) is 0.983. The summed E-state index contributed by atoms with van der Waals surface area (Å²) in [5.74, 6) is 0.220. The summed E-state index contributed by atoms with van der Waals surface area (Å²) in [4.78, 5) is 1.25. The highest BCUT2D eigenvalue weighted by molar-refractivity contribution is 7.89. The van der Waals surface area contributed by atoms with E-state index in [2.05, 4.69) is 20.1 Å². The van der Waals surface area contributed by atoms with Crippen LogP contribution in [0.25, 0.3) is 11.4 Å². The molecule has 28 heavy (non-hydrogen) atoms. The molecule has 0 aliphatic heterocycles. The van der Waals surface area contributed by atoms with Gasteiger partial charge in [0.1, 0.15) is 0 Å². The molecule has 1 heterocycles. The first kappa shape index (κ1) is 20.0. The topological polar surface area (TPSA) is 89.8 Å². The van der Waals surface area contributed by atoms with Gasteiger partial charge in [0.2, 0.25) is 15.8 Å². The highest BCUT2D eigenvalue weighted by atomic mass is 32.2. The maximum atomic E-state index is 12.7. The van der Waals surface area contributed by atoms with Crippen LogP contribution in [0.1, 0.15) is 16.7 Å². The number of aryl methyl sites for hydroxylation is 1. The molecule has 7 nitrogen and oxygen atoms in total. The number of nitrogens with one attached hydrogen (secondary N) is 1. The van der Waals surface area contributed by atoms with Crippen LogP contribution in [0.5, 0.6) is 0 Å². The van der Waals surface area contributed by atoms with Gasteiger partial charge in [-0.05, 0) is 54.1 Å². The number of hydrogen-bond acceptors (Lipinski definition) is 5. The van der Waals surface area contributed by atoms with Crippen LogP contribution in [-0.4, -0.2) is 35.7 Å². The van der Waals surface area contributed by atoms with Crippen molar-refractivity contribution in [3.05, 3.63) is 59.2 Å². The minimum atomic E-state index is -4.41. The standard InChI is InChI=1S/C17H16F3N5O2S/c1-21-28(26,27)14-8-5-12(15(10-14)16-22-24-25(2)23-16)9-11-3-6-13(7-4-11)17(18,19)20/h3-8,10,21H,9H2,1-2H3. The van der Waals surface area contributed by atoms with Crippen LogP contribution in [0, 0.1) is 0 Å². The van der Waals surface area contributed by atoms with E-state index >= 15 is 0 Å². The SMILES string of the molecule is CNS(=O)(=O)c1ccc(Cc2ccc(C(F)(F)F)cc2)c(-c2nnn(C)n2)c1. The molecule has 0 saturated carbocycles. The maximum absolute atomic E-state index is 12.7. The second-order valence-corrected chi connectivity index (χ2v) is 7.89. The number of alkyl halides is 3. The third-order valence-corrected chi connectivity index (χ3v) is 5.50. The van der Waals surface area contributed by atoms with Gasteiger partial charge in [-0.25, -0.2) is 13.1 Å². The molecule has 0 fully saturated rings. The fourth-order valence-electron chi connectivity index (χ4n) is 2.63. The number of hydrogen-bond donors (Lipinski definition) is 1. The molecule has 0 aliphatic rings. The summed E-state index contributed by atoms with van der Waals surface area (Å²) in [6, 6.07) is 9.22. The largest absolute Gasteiger partial charge is 0.416 e. The smallest absolute Gasteiger partial charge is 0.214 e. The van der Waals surface area contributed by atoms with Crippen molar-refractivity contribution in [2.45, 2.75) is 17.5 Å². The van der Waals surface area contributed by atoms with E-state index in [0.29, 0.717) is 16.7 Å². The summed E-state index contributed by atoms with van der Waals surface area (Å²) in [6.07, 6.45) is -4.14. The third-order valence-electron chi connectivity index (χ3n) is 4.09. The van der Waals surface area contributed by atoms with Crippen LogP contribution in [0.2, 0.25) is 0 Å². The van der Waals surface area contributed by atoms with Crippen LogP contribution in [-0.2, 0) is 29.7 Å². The fraction of sp³-hybridized carbons (Fsp3) is 0.235. The van der Waals surface area contributed by atoms with E-state index in [1.54, 1.807) is 13.1 Å². The van der Waals surface area contributed by atoms with Gasteiger partial charge in [0.05, 0.1) is 17.5 Å². The first-order valence-corrected chi connectivity index (χ1v) is 9.55. The van der Waals surface area contributed by atoms with E-state index < -0.39 is 21.8 Å². The van der Waals surface area contributed by atoms with Crippen LogP contribution in [0.4, 0.5) is 13.2 Å². The second kappa shape index (κ2) is 7.32.